The van der Waals surface area contributed by atoms with E-state index in [-0.39, 0.29) is 23.3 Å². The van der Waals surface area contributed by atoms with E-state index < -0.39 is 10.0 Å². The molecule has 1 aliphatic heterocycles. The van der Waals surface area contributed by atoms with Crippen LogP contribution in [0.25, 0.3) is 0 Å². The maximum atomic E-state index is 13.7. The molecule has 1 aliphatic rings. The molecule has 0 saturated carbocycles. The summed E-state index contributed by atoms with van der Waals surface area (Å²) in [5.41, 5.74) is 2.85. The van der Waals surface area contributed by atoms with Gasteiger partial charge in [0.2, 0.25) is 15.9 Å². The number of nitrogens with zero attached hydrogens (tertiary/aromatic N) is 2. The van der Waals surface area contributed by atoms with Crippen LogP contribution in [0.4, 0.5) is 0 Å². The van der Waals surface area contributed by atoms with Gasteiger partial charge in [-0.05, 0) is 54.7 Å². The number of benzene rings is 3. The van der Waals surface area contributed by atoms with Gasteiger partial charge in [-0.2, -0.15) is 4.31 Å². The summed E-state index contributed by atoms with van der Waals surface area (Å²) < 4.78 is 33.6. The molecule has 0 spiro atoms. The minimum atomic E-state index is -3.71. The lowest BCUT2D eigenvalue weighted by Crippen LogP contribution is -2.46. The number of methoxy groups -OCH3 is 1. The monoisotopic (exact) mass is 492 g/mol. The van der Waals surface area contributed by atoms with Crippen molar-refractivity contribution in [2.75, 3.05) is 20.2 Å². The van der Waals surface area contributed by atoms with Crippen LogP contribution >= 0.6 is 0 Å². The van der Waals surface area contributed by atoms with Gasteiger partial charge in [-0.25, -0.2) is 8.42 Å². The Morgan fingerprint density at radius 1 is 0.971 bits per heavy atom. The molecule has 1 saturated heterocycles. The molecular formula is C28H32N2O4S. The highest BCUT2D eigenvalue weighted by Gasteiger charge is 2.35. The van der Waals surface area contributed by atoms with Crippen molar-refractivity contribution in [3.8, 4) is 5.75 Å². The van der Waals surface area contributed by atoms with E-state index in [0.717, 1.165) is 16.7 Å². The number of hydrogen-bond acceptors (Lipinski definition) is 4. The summed E-state index contributed by atoms with van der Waals surface area (Å²) in [5.74, 6) is 0.252. The summed E-state index contributed by atoms with van der Waals surface area (Å²) in [6.07, 6.45) is 1.32. The van der Waals surface area contributed by atoms with Crippen LogP contribution in [0.1, 0.15) is 29.5 Å². The zero-order valence-corrected chi connectivity index (χ0v) is 21.1. The van der Waals surface area contributed by atoms with Crippen LogP contribution < -0.4 is 4.74 Å². The molecule has 1 amide bonds. The fourth-order valence-electron chi connectivity index (χ4n) is 4.60. The lowest BCUT2D eigenvalue weighted by Gasteiger charge is -2.34. The third-order valence-electron chi connectivity index (χ3n) is 6.48. The van der Waals surface area contributed by atoms with Crippen LogP contribution in [-0.2, 0) is 27.9 Å². The van der Waals surface area contributed by atoms with Crippen molar-refractivity contribution in [3.63, 3.8) is 0 Å². The second-order valence-corrected chi connectivity index (χ2v) is 10.9. The Kier molecular flexibility index (Phi) is 7.88. The predicted molar refractivity (Wildman–Crippen MR) is 136 cm³/mol. The second-order valence-electron chi connectivity index (χ2n) is 9.00. The number of piperidine rings is 1. The summed E-state index contributed by atoms with van der Waals surface area (Å²) in [5, 5.41) is 0. The maximum Gasteiger partial charge on any atom is 0.243 e. The highest BCUT2D eigenvalue weighted by molar-refractivity contribution is 7.89. The summed E-state index contributed by atoms with van der Waals surface area (Å²) in [6.45, 7) is 3.39. The third-order valence-corrected chi connectivity index (χ3v) is 8.34. The van der Waals surface area contributed by atoms with E-state index in [2.05, 4.69) is 0 Å². The van der Waals surface area contributed by atoms with Gasteiger partial charge in [-0.3, -0.25) is 4.79 Å². The molecular weight excluding hydrogens is 460 g/mol. The molecule has 3 aromatic carbocycles. The maximum absolute atomic E-state index is 13.7. The molecule has 1 heterocycles. The normalized spacial score (nSPS) is 16.6. The van der Waals surface area contributed by atoms with E-state index in [1.165, 1.54) is 4.31 Å². The Bertz CT molecular complexity index is 1200. The summed E-state index contributed by atoms with van der Waals surface area (Å²) >= 11 is 0. The largest absolute Gasteiger partial charge is 0.496 e. The van der Waals surface area contributed by atoms with Gasteiger partial charge in [-0.15, -0.1) is 0 Å². The van der Waals surface area contributed by atoms with Gasteiger partial charge in [0.15, 0.2) is 0 Å². The SMILES string of the molecule is COc1ccc(S(=O)(=O)N2CCCC(C(=O)N(Cc3ccccc3)Cc3ccccc3)C2)cc1C. The van der Waals surface area contributed by atoms with Gasteiger partial charge in [0.1, 0.15) is 5.75 Å². The minimum absolute atomic E-state index is 0.0106. The van der Waals surface area contributed by atoms with Gasteiger partial charge < -0.3 is 9.64 Å². The fraction of sp³-hybridized carbons (Fsp3) is 0.321. The van der Waals surface area contributed by atoms with Crippen molar-refractivity contribution in [1.82, 2.24) is 9.21 Å². The Hall–Kier alpha value is -3.16. The molecule has 0 aromatic heterocycles. The van der Waals surface area contributed by atoms with Crippen LogP contribution in [0.3, 0.4) is 0 Å². The van der Waals surface area contributed by atoms with Crippen molar-refractivity contribution in [2.24, 2.45) is 5.92 Å². The molecule has 35 heavy (non-hydrogen) atoms. The standard InChI is InChI=1S/C28H32N2O4S/c1-22-18-26(15-16-27(22)34-2)35(32,33)30-17-9-14-25(21-30)28(31)29(19-23-10-5-3-6-11-23)20-24-12-7-4-8-13-24/h3-8,10-13,15-16,18,25H,9,14,17,19-21H2,1-2H3. The number of carbonyl (C=O) groups excluding carboxylic acids is 1. The molecule has 0 N–H and O–H groups in total. The molecule has 4 rings (SSSR count). The lowest BCUT2D eigenvalue weighted by atomic mass is 9.97. The molecule has 0 bridgehead atoms. The Balaban J connectivity index is 1.54. The van der Waals surface area contributed by atoms with Crippen LogP contribution in [0.15, 0.2) is 83.8 Å². The number of hydrogen-bond donors (Lipinski definition) is 0. The van der Waals surface area contributed by atoms with Crippen molar-refractivity contribution in [1.29, 1.82) is 0 Å². The Morgan fingerprint density at radius 3 is 2.11 bits per heavy atom. The molecule has 0 radical (unpaired) electrons. The fourth-order valence-corrected chi connectivity index (χ4v) is 6.21. The van der Waals surface area contributed by atoms with Crippen molar-refractivity contribution >= 4 is 15.9 Å². The molecule has 1 fully saturated rings. The molecule has 1 atom stereocenters. The number of aryl methyl sites for hydroxylation is 1. The first kappa shape index (κ1) is 24.9. The Labute approximate surface area is 208 Å². The molecule has 6 nitrogen and oxygen atoms in total. The summed E-state index contributed by atoms with van der Waals surface area (Å²) in [7, 11) is -2.15. The first-order valence-corrected chi connectivity index (χ1v) is 13.3. The number of sulfonamides is 1. The van der Waals surface area contributed by atoms with Crippen molar-refractivity contribution < 1.29 is 17.9 Å². The number of rotatable bonds is 8. The van der Waals surface area contributed by atoms with Crippen LogP contribution in [0.5, 0.6) is 5.75 Å². The predicted octanol–water partition coefficient (Wildman–Crippen LogP) is 4.63. The van der Waals surface area contributed by atoms with E-state index in [1.54, 1.807) is 25.3 Å². The van der Waals surface area contributed by atoms with Crippen molar-refractivity contribution in [3.05, 3.63) is 95.6 Å². The average molecular weight is 493 g/mol. The first-order chi connectivity index (χ1) is 16.9. The van der Waals surface area contributed by atoms with Gasteiger partial charge in [0, 0.05) is 26.2 Å². The molecule has 3 aromatic rings. The second kappa shape index (κ2) is 11.1. The van der Waals surface area contributed by atoms with Crippen LogP contribution in [0.2, 0.25) is 0 Å². The average Bonchev–Trinajstić information content (AvgIpc) is 2.89. The summed E-state index contributed by atoms with van der Waals surface area (Å²) in [4.78, 5) is 15.8. The number of carbonyl (C=O) groups is 1. The van der Waals surface area contributed by atoms with Gasteiger partial charge in [-0.1, -0.05) is 60.7 Å². The zero-order chi connectivity index (χ0) is 24.8. The molecule has 0 aliphatic carbocycles. The zero-order valence-electron chi connectivity index (χ0n) is 20.3. The van der Waals surface area contributed by atoms with E-state index in [4.69, 9.17) is 4.74 Å². The van der Waals surface area contributed by atoms with Crippen molar-refractivity contribution in [2.45, 2.75) is 37.8 Å². The van der Waals surface area contributed by atoms with Gasteiger partial charge in [0.25, 0.3) is 0 Å². The molecule has 1 unspecified atom stereocenters. The number of amides is 1. The van der Waals surface area contributed by atoms with Gasteiger partial charge >= 0.3 is 0 Å². The molecule has 7 heteroatoms. The van der Waals surface area contributed by atoms with Crippen LogP contribution in [-0.4, -0.2) is 43.7 Å². The molecule has 184 valence electrons. The summed E-state index contributed by atoms with van der Waals surface area (Å²) in [6, 6.07) is 24.7. The van der Waals surface area contributed by atoms with E-state index in [1.807, 2.05) is 72.5 Å². The highest BCUT2D eigenvalue weighted by Crippen LogP contribution is 2.28. The number of ether oxygens (including phenoxy) is 1. The third kappa shape index (κ3) is 5.92. The highest BCUT2D eigenvalue weighted by atomic mass is 32.2. The van der Waals surface area contributed by atoms with E-state index in [0.29, 0.717) is 38.2 Å². The minimum Gasteiger partial charge on any atom is -0.496 e. The van der Waals surface area contributed by atoms with E-state index in [9.17, 15) is 13.2 Å². The van der Waals surface area contributed by atoms with Gasteiger partial charge in [0.05, 0.1) is 17.9 Å². The first-order valence-electron chi connectivity index (χ1n) is 11.9. The topological polar surface area (TPSA) is 66.9 Å². The quantitative estimate of drug-likeness (QED) is 0.460. The van der Waals surface area contributed by atoms with Crippen LogP contribution in [0, 0.1) is 12.8 Å². The lowest BCUT2D eigenvalue weighted by molar-refractivity contribution is -0.138. The van der Waals surface area contributed by atoms with E-state index >= 15 is 0 Å². The smallest absolute Gasteiger partial charge is 0.243 e. The Morgan fingerprint density at radius 2 is 1.57 bits per heavy atom.